The van der Waals surface area contributed by atoms with Crippen LogP contribution in [0.3, 0.4) is 0 Å². The molecule has 1 fully saturated rings. The van der Waals surface area contributed by atoms with E-state index in [1.807, 2.05) is 30.3 Å². The summed E-state index contributed by atoms with van der Waals surface area (Å²) in [6, 6.07) is 9.47. The van der Waals surface area contributed by atoms with Crippen molar-refractivity contribution in [1.29, 1.82) is 0 Å². The number of carbonyl (C=O) groups is 2. The van der Waals surface area contributed by atoms with Gasteiger partial charge < -0.3 is 4.74 Å². The summed E-state index contributed by atoms with van der Waals surface area (Å²) in [5.74, 6) is -0.889. The fraction of sp³-hybridized carbons (Fsp3) is 0.429. The number of esters is 1. The summed E-state index contributed by atoms with van der Waals surface area (Å²) in [5.41, 5.74) is 0.366. The Morgan fingerprint density at radius 3 is 2.44 bits per heavy atom. The normalized spacial score (nSPS) is 17.9. The van der Waals surface area contributed by atoms with Crippen LogP contribution in [0.4, 0.5) is 0 Å². The third-order valence-corrected chi connectivity index (χ3v) is 3.65. The first-order valence-electron chi connectivity index (χ1n) is 6.02. The molecule has 4 heteroatoms. The Labute approximate surface area is 111 Å². The molecule has 96 valence electrons. The Hall–Kier alpha value is -1.35. The van der Waals surface area contributed by atoms with Gasteiger partial charge in [-0.05, 0) is 25.3 Å². The lowest BCUT2D eigenvalue weighted by Gasteiger charge is -2.17. The van der Waals surface area contributed by atoms with Gasteiger partial charge in [0.2, 0.25) is 0 Å². The predicted octanol–water partition coefficient (Wildman–Crippen LogP) is 2.46. The molecule has 1 aliphatic carbocycles. The highest BCUT2D eigenvalue weighted by molar-refractivity contribution is 6.42. The highest BCUT2D eigenvalue weighted by Crippen LogP contribution is 2.50. The maximum absolute atomic E-state index is 12.3. The largest absolute Gasteiger partial charge is 0.465 e. The molecule has 0 saturated heterocycles. The number of alkyl halides is 1. The molecule has 0 amide bonds. The lowest BCUT2D eigenvalue weighted by molar-refractivity contribution is -0.145. The van der Waals surface area contributed by atoms with Crippen molar-refractivity contribution in [3.63, 3.8) is 0 Å². The number of hydrogen-bond donors (Lipinski definition) is 0. The maximum atomic E-state index is 12.3. The van der Waals surface area contributed by atoms with Gasteiger partial charge in [-0.3, -0.25) is 4.79 Å². The number of halogens is 1. The van der Waals surface area contributed by atoms with Crippen molar-refractivity contribution in [1.82, 2.24) is 0 Å². The molecule has 0 heterocycles. The molecular formula is C14H15ClO3. The predicted molar refractivity (Wildman–Crippen MR) is 68.6 cm³/mol. The Kier molecular flexibility index (Phi) is 3.71. The Morgan fingerprint density at radius 1 is 1.33 bits per heavy atom. The van der Waals surface area contributed by atoms with Crippen molar-refractivity contribution in [2.45, 2.75) is 30.6 Å². The quantitative estimate of drug-likeness (QED) is 0.467. The van der Waals surface area contributed by atoms with Gasteiger partial charge in [0.25, 0.3) is 0 Å². The highest BCUT2D eigenvalue weighted by atomic mass is 35.5. The molecular weight excluding hydrogens is 252 g/mol. The van der Waals surface area contributed by atoms with E-state index < -0.39 is 16.8 Å². The van der Waals surface area contributed by atoms with Crippen LogP contribution in [0.5, 0.6) is 0 Å². The van der Waals surface area contributed by atoms with Gasteiger partial charge in [-0.25, -0.2) is 4.79 Å². The first kappa shape index (κ1) is 13.1. The summed E-state index contributed by atoms with van der Waals surface area (Å²) in [7, 11) is 0. The molecule has 1 saturated carbocycles. The molecule has 1 unspecified atom stereocenters. The molecule has 1 aliphatic rings. The Balaban J connectivity index is 2.17. The molecule has 0 spiro atoms. The summed E-state index contributed by atoms with van der Waals surface area (Å²) in [6.45, 7) is 1.92. The lowest BCUT2D eigenvalue weighted by Crippen LogP contribution is -2.35. The standard InChI is InChI=1S/C14H15ClO3/c1-2-18-13(17)11(15)12(16)14(8-9-14)10-6-4-3-5-7-10/h3-7,11H,2,8-9H2,1H3. The van der Waals surface area contributed by atoms with E-state index in [1.165, 1.54) is 0 Å². The molecule has 1 aromatic carbocycles. The molecule has 18 heavy (non-hydrogen) atoms. The molecule has 2 rings (SSSR count). The average Bonchev–Trinajstić information content (AvgIpc) is 3.20. The molecule has 0 N–H and O–H groups in total. The number of ketones is 1. The number of carbonyl (C=O) groups excluding carboxylic acids is 2. The summed E-state index contributed by atoms with van der Waals surface area (Å²) in [4.78, 5) is 23.8. The molecule has 3 nitrogen and oxygen atoms in total. The van der Waals surface area contributed by atoms with Crippen LogP contribution in [0, 0.1) is 0 Å². The van der Waals surface area contributed by atoms with E-state index in [4.69, 9.17) is 16.3 Å². The van der Waals surface area contributed by atoms with Crippen LogP contribution in [0.15, 0.2) is 30.3 Å². The fourth-order valence-electron chi connectivity index (χ4n) is 2.12. The van der Waals surface area contributed by atoms with Crippen molar-refractivity contribution in [3.05, 3.63) is 35.9 Å². The Morgan fingerprint density at radius 2 is 1.94 bits per heavy atom. The third kappa shape index (κ3) is 2.27. The first-order chi connectivity index (χ1) is 8.62. The van der Waals surface area contributed by atoms with Crippen LogP contribution >= 0.6 is 11.6 Å². The van der Waals surface area contributed by atoms with Gasteiger partial charge in [-0.15, -0.1) is 11.6 Å². The second-order valence-corrected chi connectivity index (χ2v) is 4.86. The van der Waals surface area contributed by atoms with Gasteiger partial charge in [0.15, 0.2) is 11.2 Å². The summed E-state index contributed by atoms with van der Waals surface area (Å²) >= 11 is 5.91. The first-order valence-corrected chi connectivity index (χ1v) is 6.46. The lowest BCUT2D eigenvalue weighted by atomic mass is 9.89. The van der Waals surface area contributed by atoms with Gasteiger partial charge in [0.05, 0.1) is 12.0 Å². The zero-order chi connectivity index (χ0) is 13.2. The van der Waals surface area contributed by atoms with Crippen LogP contribution in [-0.2, 0) is 19.7 Å². The zero-order valence-electron chi connectivity index (χ0n) is 10.2. The summed E-state index contributed by atoms with van der Waals surface area (Å²) in [5, 5.41) is -1.20. The number of rotatable bonds is 5. The molecule has 0 aromatic heterocycles. The number of ether oxygens (including phenoxy) is 1. The van der Waals surface area contributed by atoms with E-state index in [-0.39, 0.29) is 12.4 Å². The van der Waals surface area contributed by atoms with Gasteiger partial charge >= 0.3 is 5.97 Å². The number of Topliss-reactive ketones (excluding diaryl/α,β-unsaturated/α-hetero) is 1. The summed E-state index contributed by atoms with van der Waals surface area (Å²) < 4.78 is 4.79. The molecule has 0 radical (unpaired) electrons. The minimum Gasteiger partial charge on any atom is -0.465 e. The molecule has 0 bridgehead atoms. The smallest absolute Gasteiger partial charge is 0.331 e. The van der Waals surface area contributed by atoms with Crippen molar-refractivity contribution in [2.24, 2.45) is 0 Å². The summed E-state index contributed by atoms with van der Waals surface area (Å²) in [6.07, 6.45) is 1.50. The van der Waals surface area contributed by atoms with Crippen LogP contribution in [-0.4, -0.2) is 23.7 Å². The van der Waals surface area contributed by atoms with E-state index in [1.54, 1.807) is 6.92 Å². The van der Waals surface area contributed by atoms with Crippen LogP contribution < -0.4 is 0 Å². The van der Waals surface area contributed by atoms with Crippen molar-refractivity contribution in [2.75, 3.05) is 6.61 Å². The van der Waals surface area contributed by atoms with E-state index in [0.717, 1.165) is 18.4 Å². The fourth-order valence-corrected chi connectivity index (χ4v) is 2.40. The second kappa shape index (κ2) is 5.11. The van der Waals surface area contributed by atoms with Crippen LogP contribution in [0.1, 0.15) is 25.3 Å². The van der Waals surface area contributed by atoms with Gasteiger partial charge in [0, 0.05) is 0 Å². The zero-order valence-corrected chi connectivity index (χ0v) is 10.9. The topological polar surface area (TPSA) is 43.4 Å². The van der Waals surface area contributed by atoms with E-state index in [9.17, 15) is 9.59 Å². The highest BCUT2D eigenvalue weighted by Gasteiger charge is 2.54. The number of benzene rings is 1. The minimum absolute atomic E-state index is 0.230. The third-order valence-electron chi connectivity index (χ3n) is 3.27. The van der Waals surface area contributed by atoms with E-state index >= 15 is 0 Å². The second-order valence-electron chi connectivity index (χ2n) is 4.43. The van der Waals surface area contributed by atoms with Crippen LogP contribution in [0.25, 0.3) is 0 Å². The molecule has 1 aromatic rings. The number of hydrogen-bond acceptors (Lipinski definition) is 3. The van der Waals surface area contributed by atoms with Crippen LogP contribution in [0.2, 0.25) is 0 Å². The van der Waals surface area contributed by atoms with Crippen molar-refractivity contribution in [3.8, 4) is 0 Å². The SMILES string of the molecule is CCOC(=O)C(Cl)C(=O)C1(c2ccccc2)CC1. The average molecular weight is 267 g/mol. The maximum Gasteiger partial charge on any atom is 0.331 e. The van der Waals surface area contributed by atoms with Gasteiger partial charge in [-0.1, -0.05) is 30.3 Å². The van der Waals surface area contributed by atoms with E-state index in [0.29, 0.717) is 0 Å². The van der Waals surface area contributed by atoms with Gasteiger partial charge in [-0.2, -0.15) is 0 Å². The minimum atomic E-state index is -1.20. The van der Waals surface area contributed by atoms with Gasteiger partial charge in [0.1, 0.15) is 0 Å². The molecule has 1 atom stereocenters. The molecule has 0 aliphatic heterocycles. The monoisotopic (exact) mass is 266 g/mol. The van der Waals surface area contributed by atoms with Crippen molar-refractivity contribution >= 4 is 23.4 Å². The Bertz CT molecular complexity index is 451. The van der Waals surface area contributed by atoms with Crippen molar-refractivity contribution < 1.29 is 14.3 Å². The van der Waals surface area contributed by atoms with E-state index in [2.05, 4.69) is 0 Å².